The summed E-state index contributed by atoms with van der Waals surface area (Å²) in [5.74, 6) is 0.538. The molecule has 0 atom stereocenters. The fourth-order valence-electron chi connectivity index (χ4n) is 1.24. The Hall–Kier alpha value is -1.52. The Morgan fingerprint density at radius 3 is 2.13 bits per heavy atom. The maximum Gasteiger partial charge on any atom is 0.332 e. The van der Waals surface area contributed by atoms with Gasteiger partial charge in [-0.25, -0.2) is 4.79 Å². The largest absolute Gasteiger partial charge is 0.367 e. The summed E-state index contributed by atoms with van der Waals surface area (Å²) in [5, 5.41) is 3.11. The minimum Gasteiger partial charge on any atom is -0.367 e. The van der Waals surface area contributed by atoms with Crippen LogP contribution in [0.1, 0.15) is 20.8 Å². The van der Waals surface area contributed by atoms with Crippen molar-refractivity contribution in [1.82, 2.24) is 9.13 Å². The van der Waals surface area contributed by atoms with Crippen molar-refractivity contribution in [2.24, 2.45) is 14.1 Å². The topological polar surface area (TPSA) is 56.0 Å². The molecule has 1 rings (SSSR count). The molecule has 1 aromatic rings. The maximum absolute atomic E-state index is 11.6. The van der Waals surface area contributed by atoms with Crippen molar-refractivity contribution in [3.8, 4) is 0 Å². The van der Waals surface area contributed by atoms with E-state index in [-0.39, 0.29) is 16.8 Å². The highest BCUT2D eigenvalue weighted by Crippen LogP contribution is 2.09. The molecule has 0 aromatic carbocycles. The third-order valence-corrected chi connectivity index (χ3v) is 2.03. The Labute approximate surface area is 88.4 Å². The van der Waals surface area contributed by atoms with Gasteiger partial charge in [0.05, 0.1) is 0 Å². The molecule has 0 spiro atoms. The Morgan fingerprint density at radius 2 is 1.67 bits per heavy atom. The van der Waals surface area contributed by atoms with Gasteiger partial charge in [0.1, 0.15) is 5.82 Å². The first-order chi connectivity index (χ1) is 6.72. The molecule has 0 fully saturated rings. The van der Waals surface area contributed by atoms with E-state index in [1.54, 1.807) is 7.05 Å². The third kappa shape index (κ3) is 2.49. The molecule has 1 N–H and O–H groups in total. The number of hydrogen-bond acceptors (Lipinski definition) is 3. The zero-order valence-corrected chi connectivity index (χ0v) is 9.79. The second-order valence-electron chi connectivity index (χ2n) is 4.64. The summed E-state index contributed by atoms with van der Waals surface area (Å²) in [4.78, 5) is 23.0. The molecule has 0 aliphatic rings. The Morgan fingerprint density at radius 1 is 1.13 bits per heavy atom. The van der Waals surface area contributed by atoms with Crippen LogP contribution in [0, 0.1) is 0 Å². The molecule has 0 radical (unpaired) electrons. The molecular formula is C10H17N3O2. The summed E-state index contributed by atoms with van der Waals surface area (Å²) in [6.45, 7) is 5.90. The number of nitrogens with zero attached hydrogens (tertiary/aromatic N) is 2. The molecule has 1 heterocycles. The van der Waals surface area contributed by atoms with E-state index in [1.807, 2.05) is 20.8 Å². The standard InChI is InChI=1S/C10H17N3O2/c1-10(2,3)11-7-6-8(14)13(5)9(15)12(7)4/h6,11H,1-5H3. The molecule has 5 heteroatoms. The third-order valence-electron chi connectivity index (χ3n) is 2.03. The van der Waals surface area contributed by atoms with E-state index in [4.69, 9.17) is 0 Å². The summed E-state index contributed by atoms with van der Waals surface area (Å²) in [7, 11) is 3.10. The van der Waals surface area contributed by atoms with E-state index in [0.717, 1.165) is 4.57 Å². The van der Waals surface area contributed by atoms with Crippen LogP contribution in [0.25, 0.3) is 0 Å². The molecule has 0 bridgehead atoms. The molecule has 84 valence electrons. The minimum absolute atomic E-state index is 0.184. The summed E-state index contributed by atoms with van der Waals surface area (Å²) >= 11 is 0. The van der Waals surface area contributed by atoms with Gasteiger partial charge >= 0.3 is 5.69 Å². The number of rotatable bonds is 1. The average Bonchev–Trinajstić information content (AvgIpc) is 2.08. The Kier molecular flexibility index (Phi) is 2.75. The lowest BCUT2D eigenvalue weighted by Crippen LogP contribution is -2.39. The lowest BCUT2D eigenvalue weighted by Gasteiger charge is -2.23. The molecule has 0 saturated heterocycles. The number of hydrogen-bond donors (Lipinski definition) is 1. The normalized spacial score (nSPS) is 11.5. The van der Waals surface area contributed by atoms with Crippen molar-refractivity contribution in [2.75, 3.05) is 5.32 Å². The fraction of sp³-hybridized carbons (Fsp3) is 0.600. The lowest BCUT2D eigenvalue weighted by atomic mass is 10.1. The second-order valence-corrected chi connectivity index (χ2v) is 4.64. The van der Waals surface area contributed by atoms with Gasteiger partial charge in [0.25, 0.3) is 5.56 Å². The summed E-state index contributed by atoms with van der Waals surface area (Å²) in [6, 6.07) is 1.42. The van der Waals surface area contributed by atoms with Gasteiger partial charge in [-0.05, 0) is 20.8 Å². The van der Waals surface area contributed by atoms with Crippen molar-refractivity contribution in [2.45, 2.75) is 26.3 Å². The van der Waals surface area contributed by atoms with E-state index < -0.39 is 0 Å². The van der Waals surface area contributed by atoms with Crippen molar-refractivity contribution < 1.29 is 0 Å². The summed E-state index contributed by atoms with van der Waals surface area (Å²) < 4.78 is 2.50. The molecule has 0 aliphatic heterocycles. The molecule has 0 saturated carbocycles. The van der Waals surface area contributed by atoms with Crippen LogP contribution in [0.15, 0.2) is 15.7 Å². The van der Waals surface area contributed by atoms with Crippen molar-refractivity contribution >= 4 is 5.82 Å². The van der Waals surface area contributed by atoms with Crippen LogP contribution in [-0.2, 0) is 14.1 Å². The zero-order chi connectivity index (χ0) is 11.8. The monoisotopic (exact) mass is 211 g/mol. The van der Waals surface area contributed by atoms with E-state index in [1.165, 1.54) is 17.7 Å². The summed E-state index contributed by atoms with van der Waals surface area (Å²) in [5.41, 5.74) is -0.810. The van der Waals surface area contributed by atoms with E-state index in [0.29, 0.717) is 5.82 Å². The first-order valence-corrected chi connectivity index (χ1v) is 4.77. The minimum atomic E-state index is -0.325. The molecule has 0 unspecified atom stereocenters. The smallest absolute Gasteiger partial charge is 0.332 e. The number of aromatic nitrogens is 2. The Bertz CT molecular complexity index is 477. The van der Waals surface area contributed by atoms with Gasteiger partial charge in [0.2, 0.25) is 0 Å². The zero-order valence-electron chi connectivity index (χ0n) is 9.79. The summed E-state index contributed by atoms with van der Waals surface area (Å²) in [6.07, 6.45) is 0. The van der Waals surface area contributed by atoms with Crippen LogP contribution in [-0.4, -0.2) is 14.7 Å². The van der Waals surface area contributed by atoms with Gasteiger partial charge in [-0.15, -0.1) is 0 Å². The molecule has 5 nitrogen and oxygen atoms in total. The van der Waals surface area contributed by atoms with Crippen LogP contribution in [0.2, 0.25) is 0 Å². The van der Waals surface area contributed by atoms with Gasteiger partial charge in [-0.3, -0.25) is 13.9 Å². The quantitative estimate of drug-likeness (QED) is 0.726. The van der Waals surface area contributed by atoms with Crippen molar-refractivity contribution in [1.29, 1.82) is 0 Å². The highest BCUT2D eigenvalue weighted by Gasteiger charge is 2.13. The second kappa shape index (κ2) is 3.56. The van der Waals surface area contributed by atoms with Crippen LogP contribution in [0.4, 0.5) is 5.82 Å². The average molecular weight is 211 g/mol. The van der Waals surface area contributed by atoms with Crippen molar-refractivity contribution in [3.63, 3.8) is 0 Å². The Balaban J connectivity index is 3.34. The first-order valence-electron chi connectivity index (χ1n) is 4.77. The predicted molar refractivity (Wildman–Crippen MR) is 60.3 cm³/mol. The maximum atomic E-state index is 11.6. The molecule has 0 amide bonds. The molecular weight excluding hydrogens is 194 g/mol. The van der Waals surface area contributed by atoms with E-state index in [9.17, 15) is 9.59 Å². The van der Waals surface area contributed by atoms with Gasteiger partial charge in [0.15, 0.2) is 0 Å². The van der Waals surface area contributed by atoms with Crippen LogP contribution in [0.3, 0.4) is 0 Å². The van der Waals surface area contributed by atoms with Gasteiger partial charge in [-0.2, -0.15) is 0 Å². The van der Waals surface area contributed by atoms with Crippen LogP contribution < -0.4 is 16.6 Å². The van der Waals surface area contributed by atoms with Crippen LogP contribution >= 0.6 is 0 Å². The first kappa shape index (κ1) is 11.6. The van der Waals surface area contributed by atoms with E-state index >= 15 is 0 Å². The van der Waals surface area contributed by atoms with Gasteiger partial charge in [0, 0.05) is 25.7 Å². The predicted octanol–water partition coefficient (Wildman–Crippen LogP) is 0.294. The highest BCUT2D eigenvalue weighted by molar-refractivity contribution is 5.36. The fourth-order valence-corrected chi connectivity index (χ4v) is 1.24. The molecule has 1 aromatic heterocycles. The van der Waals surface area contributed by atoms with Crippen LogP contribution in [0.5, 0.6) is 0 Å². The number of anilines is 1. The molecule has 0 aliphatic carbocycles. The molecule has 15 heavy (non-hydrogen) atoms. The highest BCUT2D eigenvalue weighted by atomic mass is 16.2. The van der Waals surface area contributed by atoms with Gasteiger partial charge in [-0.1, -0.05) is 0 Å². The van der Waals surface area contributed by atoms with E-state index in [2.05, 4.69) is 5.32 Å². The lowest BCUT2D eigenvalue weighted by molar-refractivity contribution is 0.608. The van der Waals surface area contributed by atoms with Crippen molar-refractivity contribution in [3.05, 3.63) is 26.9 Å². The van der Waals surface area contributed by atoms with Gasteiger partial charge < -0.3 is 5.32 Å². The number of nitrogens with one attached hydrogen (secondary N) is 1. The SMILES string of the molecule is Cn1c(NC(C)(C)C)cc(=O)n(C)c1=O.